The predicted octanol–water partition coefficient (Wildman–Crippen LogP) is 3.61. The molecule has 0 bridgehead atoms. The molecule has 3 amide bonds. The predicted molar refractivity (Wildman–Crippen MR) is 113 cm³/mol. The van der Waals surface area contributed by atoms with Crippen LogP contribution in [0.25, 0.3) is 0 Å². The number of aromatic nitrogens is 1. The van der Waals surface area contributed by atoms with E-state index in [1.165, 1.54) is 0 Å². The van der Waals surface area contributed by atoms with Crippen LogP contribution in [0.2, 0.25) is 0 Å². The Morgan fingerprint density at radius 1 is 0.967 bits per heavy atom. The fourth-order valence-electron chi connectivity index (χ4n) is 3.58. The maximum atomic E-state index is 13.2. The summed E-state index contributed by atoms with van der Waals surface area (Å²) in [4.78, 5) is 45.2. The van der Waals surface area contributed by atoms with Crippen LogP contribution in [-0.4, -0.2) is 34.2 Å². The van der Waals surface area contributed by atoms with Crippen LogP contribution in [0.1, 0.15) is 38.3 Å². The van der Waals surface area contributed by atoms with E-state index >= 15 is 0 Å². The number of pyridine rings is 1. The summed E-state index contributed by atoms with van der Waals surface area (Å²) in [6, 6.07) is 18.2. The fourth-order valence-corrected chi connectivity index (χ4v) is 3.58. The molecule has 0 fully saturated rings. The quantitative estimate of drug-likeness (QED) is 0.594. The van der Waals surface area contributed by atoms with Crippen molar-refractivity contribution in [1.82, 2.24) is 9.88 Å². The van der Waals surface area contributed by atoms with Gasteiger partial charge in [-0.1, -0.05) is 30.3 Å². The summed E-state index contributed by atoms with van der Waals surface area (Å²) in [5.41, 5.74) is 3.48. The highest BCUT2D eigenvalue weighted by Gasteiger charge is 2.35. The molecule has 3 aromatic rings. The Balaban J connectivity index is 1.52. The zero-order valence-electron chi connectivity index (χ0n) is 16.6. The first-order valence-electron chi connectivity index (χ1n) is 9.76. The number of anilines is 1. The third kappa shape index (κ3) is 3.85. The van der Waals surface area contributed by atoms with Crippen molar-refractivity contribution in [2.24, 2.45) is 0 Å². The fraction of sp³-hybridized carbons (Fsp3) is 0.167. The minimum absolute atomic E-state index is 0.0413. The van der Waals surface area contributed by atoms with Crippen molar-refractivity contribution in [3.8, 4) is 0 Å². The zero-order valence-corrected chi connectivity index (χ0v) is 16.6. The summed E-state index contributed by atoms with van der Waals surface area (Å²) < 4.78 is 0. The van der Waals surface area contributed by atoms with Crippen molar-refractivity contribution in [3.05, 3.63) is 95.3 Å². The van der Waals surface area contributed by atoms with Gasteiger partial charge in [-0.05, 0) is 48.4 Å². The molecule has 2 heterocycles. The molecule has 0 aliphatic carbocycles. The lowest BCUT2D eigenvalue weighted by Crippen LogP contribution is -2.36. The van der Waals surface area contributed by atoms with Gasteiger partial charge < -0.3 is 4.90 Å². The summed E-state index contributed by atoms with van der Waals surface area (Å²) in [6.07, 6.45) is 3.45. The summed E-state index contributed by atoms with van der Waals surface area (Å²) in [5, 5.41) is 0. The molecule has 0 radical (unpaired) electrons. The molecule has 0 atom stereocenters. The maximum absolute atomic E-state index is 13.2. The van der Waals surface area contributed by atoms with Crippen molar-refractivity contribution < 1.29 is 14.4 Å². The number of rotatable bonds is 6. The number of nitrogens with zero attached hydrogens (tertiary/aromatic N) is 3. The van der Waals surface area contributed by atoms with Gasteiger partial charge in [-0.3, -0.25) is 24.3 Å². The number of carbonyl (C=O) groups is 3. The van der Waals surface area contributed by atoms with Gasteiger partial charge in [0.15, 0.2) is 0 Å². The molecule has 1 aromatic heterocycles. The molecule has 4 rings (SSSR count). The van der Waals surface area contributed by atoms with Crippen LogP contribution < -0.4 is 4.90 Å². The number of carbonyl (C=O) groups excluding carboxylic acids is 3. The summed E-state index contributed by atoms with van der Waals surface area (Å²) in [5.74, 6) is -0.864. The van der Waals surface area contributed by atoms with Crippen LogP contribution in [0, 0.1) is 6.92 Å². The Bertz CT molecular complexity index is 1080. The largest absolute Gasteiger partial charge is 0.308 e. The summed E-state index contributed by atoms with van der Waals surface area (Å²) >= 11 is 0. The van der Waals surface area contributed by atoms with Gasteiger partial charge in [0.05, 0.1) is 17.7 Å². The Hall–Kier alpha value is -3.80. The first-order chi connectivity index (χ1) is 14.5. The molecule has 0 unspecified atom stereocenters. The Labute approximate surface area is 174 Å². The van der Waals surface area contributed by atoms with E-state index < -0.39 is 0 Å². The van der Waals surface area contributed by atoms with Gasteiger partial charge in [0, 0.05) is 31.0 Å². The smallest absolute Gasteiger partial charge is 0.261 e. The number of benzene rings is 2. The van der Waals surface area contributed by atoms with Gasteiger partial charge in [-0.2, -0.15) is 0 Å². The van der Waals surface area contributed by atoms with Gasteiger partial charge in [-0.25, -0.2) is 0 Å². The van der Waals surface area contributed by atoms with Crippen molar-refractivity contribution in [2.75, 3.05) is 11.4 Å². The third-order valence-electron chi connectivity index (χ3n) is 5.11. The molecule has 0 spiro atoms. The molecular weight excluding hydrogens is 378 g/mol. The standard InChI is InChI=1S/C24H21N3O3/c1-17-6-4-8-19(14-17)27(16-18-7-5-12-25-15-18)22(28)11-13-26-23(29)20-9-2-3-10-21(20)24(26)30/h2-10,12,14-15H,11,13,16H2,1H3. The normalized spacial score (nSPS) is 12.8. The van der Waals surface area contributed by atoms with E-state index in [2.05, 4.69) is 4.98 Å². The average molecular weight is 399 g/mol. The van der Waals surface area contributed by atoms with E-state index in [1.807, 2.05) is 43.3 Å². The van der Waals surface area contributed by atoms with E-state index in [9.17, 15) is 14.4 Å². The van der Waals surface area contributed by atoms with Crippen LogP contribution in [0.15, 0.2) is 73.1 Å². The topological polar surface area (TPSA) is 70.6 Å². The van der Waals surface area contributed by atoms with E-state index in [0.29, 0.717) is 17.7 Å². The minimum Gasteiger partial charge on any atom is -0.308 e. The second-order valence-electron chi connectivity index (χ2n) is 7.24. The SMILES string of the molecule is Cc1cccc(N(Cc2cccnc2)C(=O)CCN2C(=O)c3ccccc3C2=O)c1. The van der Waals surface area contributed by atoms with E-state index in [4.69, 9.17) is 0 Å². The van der Waals surface area contributed by atoms with Crippen LogP contribution in [0.4, 0.5) is 5.69 Å². The summed E-state index contributed by atoms with van der Waals surface area (Å²) in [6.45, 7) is 2.37. The van der Waals surface area contributed by atoms with Crippen molar-refractivity contribution in [1.29, 1.82) is 0 Å². The Morgan fingerprint density at radius 3 is 2.33 bits per heavy atom. The molecule has 0 saturated heterocycles. The van der Waals surface area contributed by atoms with Crippen LogP contribution in [-0.2, 0) is 11.3 Å². The molecule has 6 heteroatoms. The average Bonchev–Trinajstić information content (AvgIpc) is 3.01. The van der Waals surface area contributed by atoms with Crippen molar-refractivity contribution in [2.45, 2.75) is 19.9 Å². The molecular formula is C24H21N3O3. The number of hydrogen-bond donors (Lipinski definition) is 0. The number of hydrogen-bond acceptors (Lipinski definition) is 4. The molecule has 150 valence electrons. The second kappa shape index (κ2) is 8.29. The highest BCUT2D eigenvalue weighted by Crippen LogP contribution is 2.24. The maximum Gasteiger partial charge on any atom is 0.261 e. The van der Waals surface area contributed by atoms with Gasteiger partial charge in [0.25, 0.3) is 11.8 Å². The van der Waals surface area contributed by atoms with E-state index in [1.54, 1.807) is 41.6 Å². The number of aryl methyl sites for hydroxylation is 1. The first-order valence-corrected chi connectivity index (χ1v) is 9.76. The Morgan fingerprint density at radius 2 is 1.70 bits per heavy atom. The molecule has 0 N–H and O–H groups in total. The third-order valence-corrected chi connectivity index (χ3v) is 5.11. The van der Waals surface area contributed by atoms with Crippen LogP contribution in [0.3, 0.4) is 0 Å². The number of amides is 3. The van der Waals surface area contributed by atoms with Gasteiger partial charge in [-0.15, -0.1) is 0 Å². The van der Waals surface area contributed by atoms with Crippen LogP contribution in [0.5, 0.6) is 0 Å². The van der Waals surface area contributed by atoms with Crippen LogP contribution >= 0.6 is 0 Å². The molecule has 2 aromatic carbocycles. The van der Waals surface area contributed by atoms with Crippen molar-refractivity contribution in [3.63, 3.8) is 0 Å². The van der Waals surface area contributed by atoms with Gasteiger partial charge in [0.2, 0.25) is 5.91 Å². The number of fused-ring (bicyclic) bond motifs is 1. The highest BCUT2D eigenvalue weighted by atomic mass is 16.2. The lowest BCUT2D eigenvalue weighted by molar-refractivity contribution is -0.118. The van der Waals surface area contributed by atoms with Gasteiger partial charge >= 0.3 is 0 Å². The Kier molecular flexibility index (Phi) is 5.39. The minimum atomic E-state index is -0.349. The molecule has 0 saturated carbocycles. The van der Waals surface area contributed by atoms with E-state index in [0.717, 1.165) is 21.7 Å². The van der Waals surface area contributed by atoms with Crippen molar-refractivity contribution >= 4 is 23.4 Å². The molecule has 1 aliphatic heterocycles. The zero-order chi connectivity index (χ0) is 21.1. The molecule has 6 nitrogen and oxygen atoms in total. The second-order valence-corrected chi connectivity index (χ2v) is 7.24. The first kappa shape index (κ1) is 19.5. The van der Waals surface area contributed by atoms with Gasteiger partial charge in [0.1, 0.15) is 0 Å². The number of imide groups is 1. The lowest BCUT2D eigenvalue weighted by atomic mass is 10.1. The molecule has 1 aliphatic rings. The lowest BCUT2D eigenvalue weighted by Gasteiger charge is -2.24. The highest BCUT2D eigenvalue weighted by molar-refractivity contribution is 6.21. The summed E-state index contributed by atoms with van der Waals surface area (Å²) in [7, 11) is 0. The molecule has 30 heavy (non-hydrogen) atoms. The monoisotopic (exact) mass is 399 g/mol. The van der Waals surface area contributed by atoms with E-state index in [-0.39, 0.29) is 30.7 Å².